The van der Waals surface area contributed by atoms with Gasteiger partial charge in [-0.15, -0.1) is 0 Å². The minimum atomic E-state index is 0.211. The second-order valence-electron chi connectivity index (χ2n) is 5.12. The summed E-state index contributed by atoms with van der Waals surface area (Å²) in [6.45, 7) is 11.2. The molecule has 1 aliphatic rings. The van der Waals surface area contributed by atoms with Crippen molar-refractivity contribution >= 4 is 21.8 Å². The zero-order valence-corrected chi connectivity index (χ0v) is 12.9. The van der Waals surface area contributed by atoms with Gasteiger partial charge in [0.15, 0.2) is 0 Å². The van der Waals surface area contributed by atoms with Gasteiger partial charge in [0.25, 0.3) is 0 Å². The smallest absolute Gasteiger partial charge is 0.219 e. The number of halogens is 1. The van der Waals surface area contributed by atoms with Crippen molar-refractivity contribution in [3.63, 3.8) is 0 Å². The molecule has 1 rings (SSSR count). The van der Waals surface area contributed by atoms with Crippen molar-refractivity contribution in [1.82, 2.24) is 9.80 Å². The van der Waals surface area contributed by atoms with Crippen molar-refractivity contribution in [2.45, 2.75) is 33.6 Å². The second kappa shape index (κ2) is 6.74. The number of rotatable bonds is 5. The summed E-state index contributed by atoms with van der Waals surface area (Å²) in [6.07, 6.45) is 2.42. The Hall–Kier alpha value is -0.0900. The van der Waals surface area contributed by atoms with E-state index in [2.05, 4.69) is 34.7 Å². The van der Waals surface area contributed by atoms with E-state index in [0.717, 1.165) is 38.1 Å². The normalized spacial score (nSPS) is 18.5. The van der Waals surface area contributed by atoms with Gasteiger partial charge in [0.1, 0.15) is 0 Å². The Morgan fingerprint density at radius 2 is 1.71 bits per heavy atom. The summed E-state index contributed by atoms with van der Waals surface area (Å²) in [6, 6.07) is 0. The van der Waals surface area contributed by atoms with Crippen LogP contribution in [0.1, 0.15) is 33.6 Å². The van der Waals surface area contributed by atoms with Crippen LogP contribution in [0, 0.1) is 5.41 Å². The summed E-state index contributed by atoms with van der Waals surface area (Å²) >= 11 is 3.66. The largest absolute Gasteiger partial charge is 0.340 e. The number of hydrogen-bond donors (Lipinski definition) is 0. The van der Waals surface area contributed by atoms with Gasteiger partial charge >= 0.3 is 0 Å². The Kier molecular flexibility index (Phi) is 5.93. The predicted molar refractivity (Wildman–Crippen MR) is 75.5 cm³/mol. The quantitative estimate of drug-likeness (QED) is 0.728. The fraction of sp³-hybridized carbons (Fsp3) is 0.923. The molecule has 0 radical (unpaired) electrons. The maximum absolute atomic E-state index is 11.3. The third-order valence-corrected chi connectivity index (χ3v) is 5.35. The Balaban J connectivity index is 2.46. The van der Waals surface area contributed by atoms with Gasteiger partial charge in [-0.3, -0.25) is 9.69 Å². The van der Waals surface area contributed by atoms with Crippen LogP contribution < -0.4 is 0 Å². The topological polar surface area (TPSA) is 23.6 Å². The molecule has 1 saturated heterocycles. The second-order valence-corrected chi connectivity index (χ2v) is 5.68. The molecule has 1 aliphatic heterocycles. The zero-order chi connectivity index (χ0) is 12.9. The molecule has 0 N–H and O–H groups in total. The average molecular weight is 305 g/mol. The Morgan fingerprint density at radius 1 is 1.18 bits per heavy atom. The molecule has 0 aromatic carbocycles. The van der Waals surface area contributed by atoms with Crippen molar-refractivity contribution < 1.29 is 4.79 Å². The molecule has 4 heteroatoms. The summed E-state index contributed by atoms with van der Waals surface area (Å²) in [5.74, 6) is 0.211. The molecule has 0 unspecified atom stereocenters. The molecule has 0 aliphatic carbocycles. The van der Waals surface area contributed by atoms with Gasteiger partial charge < -0.3 is 4.90 Å². The van der Waals surface area contributed by atoms with Crippen LogP contribution in [0.3, 0.4) is 0 Å². The fourth-order valence-electron chi connectivity index (χ4n) is 2.40. The van der Waals surface area contributed by atoms with Crippen LogP contribution in [0.4, 0.5) is 0 Å². The van der Waals surface area contributed by atoms with Gasteiger partial charge in [0.05, 0.1) is 0 Å². The Labute approximate surface area is 114 Å². The highest BCUT2D eigenvalue weighted by molar-refractivity contribution is 9.09. The third-order valence-electron chi connectivity index (χ3n) is 4.16. The molecule has 1 amide bonds. The van der Waals surface area contributed by atoms with Crippen LogP contribution >= 0.6 is 15.9 Å². The Bertz CT molecular complexity index is 238. The van der Waals surface area contributed by atoms with E-state index < -0.39 is 0 Å². The van der Waals surface area contributed by atoms with Crippen LogP contribution in [0.5, 0.6) is 0 Å². The molecule has 1 fully saturated rings. The third kappa shape index (κ3) is 3.95. The summed E-state index contributed by atoms with van der Waals surface area (Å²) in [5, 5.41) is 1.07. The molecule has 17 heavy (non-hydrogen) atoms. The molecule has 100 valence electrons. The number of carbonyl (C=O) groups excluding carboxylic acids is 1. The maximum Gasteiger partial charge on any atom is 0.219 e. The number of hydrogen-bond acceptors (Lipinski definition) is 2. The molecule has 0 aromatic heterocycles. The average Bonchev–Trinajstić information content (AvgIpc) is 2.37. The minimum absolute atomic E-state index is 0.211. The lowest BCUT2D eigenvalue weighted by atomic mass is 9.84. The van der Waals surface area contributed by atoms with E-state index >= 15 is 0 Å². The molecule has 0 atom stereocenters. The monoisotopic (exact) mass is 304 g/mol. The molecule has 0 spiro atoms. The highest BCUT2D eigenvalue weighted by atomic mass is 79.9. The van der Waals surface area contributed by atoms with Crippen LogP contribution in [-0.4, -0.2) is 53.8 Å². The Morgan fingerprint density at radius 3 is 2.06 bits per heavy atom. The van der Waals surface area contributed by atoms with Gasteiger partial charge in [0, 0.05) is 45.0 Å². The van der Waals surface area contributed by atoms with Crippen molar-refractivity contribution in [2.24, 2.45) is 5.41 Å². The number of alkyl halides is 1. The standard InChI is InChI=1S/C13H25BrN2O/c1-4-13(5-2,10-14)11-15-6-8-16(9-7-15)12(3)17/h4-11H2,1-3H3. The van der Waals surface area contributed by atoms with E-state index in [-0.39, 0.29) is 5.91 Å². The SMILES string of the molecule is CCC(CC)(CBr)CN1CCN(C(C)=O)CC1. The van der Waals surface area contributed by atoms with Crippen LogP contribution in [0.2, 0.25) is 0 Å². The van der Waals surface area contributed by atoms with Crippen LogP contribution in [-0.2, 0) is 4.79 Å². The first kappa shape index (κ1) is 15.0. The number of amides is 1. The van der Waals surface area contributed by atoms with Crippen molar-refractivity contribution in [3.8, 4) is 0 Å². The zero-order valence-electron chi connectivity index (χ0n) is 11.3. The number of nitrogens with zero attached hydrogens (tertiary/aromatic N) is 2. The molecule has 0 aromatic rings. The highest BCUT2D eigenvalue weighted by Crippen LogP contribution is 2.30. The van der Waals surface area contributed by atoms with E-state index in [1.807, 2.05) is 4.90 Å². The first-order chi connectivity index (χ1) is 8.06. The van der Waals surface area contributed by atoms with E-state index in [0.29, 0.717) is 5.41 Å². The summed E-state index contributed by atoms with van der Waals surface area (Å²) in [7, 11) is 0. The maximum atomic E-state index is 11.3. The van der Waals surface area contributed by atoms with Crippen molar-refractivity contribution in [2.75, 3.05) is 38.1 Å². The summed E-state index contributed by atoms with van der Waals surface area (Å²) in [5.41, 5.74) is 0.401. The van der Waals surface area contributed by atoms with Crippen molar-refractivity contribution in [1.29, 1.82) is 0 Å². The van der Waals surface area contributed by atoms with E-state index in [1.54, 1.807) is 6.92 Å². The first-order valence-corrected chi connectivity index (χ1v) is 7.73. The molecule has 1 heterocycles. The lowest BCUT2D eigenvalue weighted by Crippen LogP contribution is -2.51. The van der Waals surface area contributed by atoms with Gasteiger partial charge in [-0.25, -0.2) is 0 Å². The molecule has 0 bridgehead atoms. The van der Waals surface area contributed by atoms with Gasteiger partial charge in [-0.05, 0) is 18.3 Å². The van der Waals surface area contributed by atoms with Crippen molar-refractivity contribution in [3.05, 3.63) is 0 Å². The fourth-order valence-corrected chi connectivity index (χ4v) is 3.37. The number of carbonyl (C=O) groups is 1. The van der Waals surface area contributed by atoms with E-state index in [9.17, 15) is 4.79 Å². The molecule has 3 nitrogen and oxygen atoms in total. The van der Waals surface area contributed by atoms with Gasteiger partial charge in [-0.2, -0.15) is 0 Å². The van der Waals surface area contributed by atoms with Crippen LogP contribution in [0.15, 0.2) is 0 Å². The summed E-state index contributed by atoms with van der Waals surface area (Å²) in [4.78, 5) is 15.7. The lowest BCUT2D eigenvalue weighted by Gasteiger charge is -2.40. The lowest BCUT2D eigenvalue weighted by molar-refractivity contribution is -0.130. The van der Waals surface area contributed by atoms with E-state index in [1.165, 1.54) is 12.8 Å². The minimum Gasteiger partial charge on any atom is -0.340 e. The van der Waals surface area contributed by atoms with Gasteiger partial charge in [-0.1, -0.05) is 29.8 Å². The molecule has 0 saturated carbocycles. The summed E-state index contributed by atoms with van der Waals surface area (Å²) < 4.78 is 0. The molecular formula is C13H25BrN2O. The first-order valence-electron chi connectivity index (χ1n) is 6.60. The molecular weight excluding hydrogens is 280 g/mol. The van der Waals surface area contributed by atoms with Crippen LogP contribution in [0.25, 0.3) is 0 Å². The highest BCUT2D eigenvalue weighted by Gasteiger charge is 2.29. The number of piperazine rings is 1. The predicted octanol–water partition coefficient (Wildman–Crippen LogP) is 2.35. The van der Waals surface area contributed by atoms with Gasteiger partial charge in [0.2, 0.25) is 5.91 Å². The van der Waals surface area contributed by atoms with E-state index in [4.69, 9.17) is 0 Å².